The second-order valence-electron chi connectivity index (χ2n) is 3.87. The SMILES string of the molecule is Nc1cc(CC2CCCSC2)nnc1Cl. The first-order valence-electron chi connectivity index (χ1n) is 5.11. The molecule has 2 heterocycles. The van der Waals surface area contributed by atoms with Crippen LogP contribution in [0.2, 0.25) is 5.15 Å². The first kappa shape index (κ1) is 11.0. The van der Waals surface area contributed by atoms with Crippen LogP contribution in [0.25, 0.3) is 0 Å². The lowest BCUT2D eigenvalue weighted by Crippen LogP contribution is -2.14. The van der Waals surface area contributed by atoms with E-state index in [2.05, 4.69) is 10.2 Å². The van der Waals surface area contributed by atoms with Gasteiger partial charge in [-0.2, -0.15) is 16.9 Å². The fraction of sp³-hybridized carbons (Fsp3) is 0.600. The van der Waals surface area contributed by atoms with E-state index >= 15 is 0 Å². The van der Waals surface area contributed by atoms with Gasteiger partial charge in [0.05, 0.1) is 11.4 Å². The molecule has 0 radical (unpaired) electrons. The number of hydrogen-bond donors (Lipinski definition) is 1. The number of thioether (sulfide) groups is 1. The van der Waals surface area contributed by atoms with Crippen molar-refractivity contribution >= 4 is 29.1 Å². The Balaban J connectivity index is 2.00. The summed E-state index contributed by atoms with van der Waals surface area (Å²) in [5.74, 6) is 3.24. The number of aromatic nitrogens is 2. The molecule has 0 aromatic carbocycles. The summed E-state index contributed by atoms with van der Waals surface area (Å²) >= 11 is 7.74. The zero-order chi connectivity index (χ0) is 10.7. The van der Waals surface area contributed by atoms with Gasteiger partial charge in [0.2, 0.25) is 0 Å². The lowest BCUT2D eigenvalue weighted by Gasteiger charge is -2.20. The molecule has 0 bridgehead atoms. The minimum Gasteiger partial charge on any atom is -0.396 e. The normalized spacial score (nSPS) is 21.5. The Kier molecular flexibility index (Phi) is 3.70. The van der Waals surface area contributed by atoms with E-state index in [0.29, 0.717) is 10.8 Å². The summed E-state index contributed by atoms with van der Waals surface area (Å²) in [5.41, 5.74) is 7.18. The van der Waals surface area contributed by atoms with Crippen LogP contribution in [0.1, 0.15) is 18.5 Å². The molecule has 3 nitrogen and oxygen atoms in total. The molecule has 1 saturated heterocycles. The van der Waals surface area contributed by atoms with Crippen LogP contribution >= 0.6 is 23.4 Å². The predicted molar refractivity (Wildman–Crippen MR) is 65.2 cm³/mol. The molecule has 5 heteroatoms. The minimum atomic E-state index is 0.303. The van der Waals surface area contributed by atoms with Crippen LogP contribution in [-0.2, 0) is 6.42 Å². The molecule has 0 aliphatic carbocycles. The van der Waals surface area contributed by atoms with E-state index in [1.807, 2.05) is 17.8 Å². The van der Waals surface area contributed by atoms with Gasteiger partial charge in [-0.3, -0.25) is 0 Å². The van der Waals surface area contributed by atoms with E-state index in [1.165, 1.54) is 24.3 Å². The van der Waals surface area contributed by atoms with Gasteiger partial charge in [0.25, 0.3) is 0 Å². The van der Waals surface area contributed by atoms with Crippen molar-refractivity contribution in [1.29, 1.82) is 0 Å². The number of halogens is 1. The quantitative estimate of drug-likeness (QED) is 0.867. The molecule has 1 unspecified atom stereocenters. The number of nitrogen functional groups attached to an aromatic ring is 1. The monoisotopic (exact) mass is 243 g/mol. The first-order chi connectivity index (χ1) is 7.25. The zero-order valence-corrected chi connectivity index (χ0v) is 10.0. The Hall–Kier alpha value is -0.480. The van der Waals surface area contributed by atoms with Crippen LogP contribution in [-0.4, -0.2) is 21.7 Å². The predicted octanol–water partition coefficient (Wildman–Crippen LogP) is 2.40. The van der Waals surface area contributed by atoms with Crippen LogP contribution in [0.15, 0.2) is 6.07 Å². The lowest BCUT2D eigenvalue weighted by molar-refractivity contribution is 0.513. The van der Waals surface area contributed by atoms with E-state index in [4.69, 9.17) is 17.3 Å². The van der Waals surface area contributed by atoms with Crippen molar-refractivity contribution < 1.29 is 0 Å². The van der Waals surface area contributed by atoms with E-state index < -0.39 is 0 Å². The van der Waals surface area contributed by atoms with Gasteiger partial charge in [0.1, 0.15) is 0 Å². The van der Waals surface area contributed by atoms with Crippen LogP contribution in [0.5, 0.6) is 0 Å². The van der Waals surface area contributed by atoms with Crippen molar-refractivity contribution in [2.45, 2.75) is 19.3 Å². The summed E-state index contributed by atoms with van der Waals surface area (Å²) < 4.78 is 0. The van der Waals surface area contributed by atoms with Crippen molar-refractivity contribution in [3.8, 4) is 0 Å². The molecule has 82 valence electrons. The smallest absolute Gasteiger partial charge is 0.174 e. The summed E-state index contributed by atoms with van der Waals surface area (Å²) in [5, 5.41) is 8.19. The highest BCUT2D eigenvalue weighted by Gasteiger charge is 2.15. The third kappa shape index (κ3) is 2.98. The fourth-order valence-electron chi connectivity index (χ4n) is 1.80. The highest BCUT2D eigenvalue weighted by atomic mass is 35.5. The first-order valence-corrected chi connectivity index (χ1v) is 6.64. The van der Waals surface area contributed by atoms with Crippen LogP contribution in [0.3, 0.4) is 0 Å². The molecule has 2 N–H and O–H groups in total. The Morgan fingerprint density at radius 3 is 3.07 bits per heavy atom. The summed E-state index contributed by atoms with van der Waals surface area (Å²) in [6.45, 7) is 0. The number of nitrogens with two attached hydrogens (primary N) is 1. The lowest BCUT2D eigenvalue weighted by atomic mass is 9.99. The molecular formula is C10H14ClN3S. The zero-order valence-electron chi connectivity index (χ0n) is 8.45. The van der Waals surface area contributed by atoms with Crippen molar-refractivity contribution in [3.63, 3.8) is 0 Å². The molecule has 2 rings (SSSR count). The molecule has 1 fully saturated rings. The molecule has 0 amide bonds. The van der Waals surface area contributed by atoms with E-state index in [1.54, 1.807) is 0 Å². The van der Waals surface area contributed by atoms with Gasteiger partial charge in [-0.1, -0.05) is 11.6 Å². The Morgan fingerprint density at radius 2 is 2.40 bits per heavy atom. The van der Waals surface area contributed by atoms with Gasteiger partial charge >= 0.3 is 0 Å². The van der Waals surface area contributed by atoms with Gasteiger partial charge in [0.15, 0.2) is 5.15 Å². The molecule has 0 spiro atoms. The second kappa shape index (κ2) is 5.03. The highest BCUT2D eigenvalue weighted by Crippen LogP contribution is 2.26. The number of nitrogens with zero attached hydrogens (tertiary/aromatic N) is 2. The topological polar surface area (TPSA) is 51.8 Å². The largest absolute Gasteiger partial charge is 0.396 e. The van der Waals surface area contributed by atoms with Gasteiger partial charge in [-0.15, -0.1) is 5.10 Å². The number of hydrogen-bond acceptors (Lipinski definition) is 4. The average molecular weight is 244 g/mol. The van der Waals surface area contributed by atoms with Gasteiger partial charge in [-0.25, -0.2) is 0 Å². The Bertz CT molecular complexity index is 339. The third-order valence-corrected chi connectivity index (χ3v) is 4.16. The fourth-order valence-corrected chi connectivity index (χ4v) is 3.05. The maximum Gasteiger partial charge on any atom is 0.174 e. The molecular weight excluding hydrogens is 230 g/mol. The second-order valence-corrected chi connectivity index (χ2v) is 5.38. The third-order valence-electron chi connectivity index (χ3n) is 2.58. The van der Waals surface area contributed by atoms with Gasteiger partial charge < -0.3 is 5.73 Å². The maximum atomic E-state index is 5.72. The Labute approximate surface area is 98.8 Å². The molecule has 1 aliphatic rings. The van der Waals surface area contributed by atoms with Crippen LogP contribution < -0.4 is 5.73 Å². The molecule has 1 aromatic rings. The van der Waals surface area contributed by atoms with E-state index in [9.17, 15) is 0 Å². The van der Waals surface area contributed by atoms with Crippen molar-refractivity contribution in [3.05, 3.63) is 16.9 Å². The van der Waals surface area contributed by atoms with E-state index in [0.717, 1.165) is 18.0 Å². The molecule has 15 heavy (non-hydrogen) atoms. The van der Waals surface area contributed by atoms with E-state index in [-0.39, 0.29) is 0 Å². The summed E-state index contributed by atoms with van der Waals surface area (Å²) in [6.07, 6.45) is 3.57. The average Bonchev–Trinajstić information content (AvgIpc) is 2.25. The van der Waals surface area contributed by atoms with Crippen molar-refractivity contribution in [2.75, 3.05) is 17.2 Å². The molecule has 1 aliphatic heterocycles. The van der Waals surface area contributed by atoms with Crippen molar-refractivity contribution in [2.24, 2.45) is 5.92 Å². The van der Waals surface area contributed by atoms with Crippen molar-refractivity contribution in [1.82, 2.24) is 10.2 Å². The van der Waals surface area contributed by atoms with Gasteiger partial charge in [0, 0.05) is 0 Å². The van der Waals surface area contributed by atoms with Gasteiger partial charge in [-0.05, 0) is 42.8 Å². The summed E-state index contributed by atoms with van der Waals surface area (Å²) in [4.78, 5) is 0. The summed E-state index contributed by atoms with van der Waals surface area (Å²) in [6, 6.07) is 1.84. The standard InChI is InChI=1S/C10H14ClN3S/c11-10-9(12)5-8(13-14-10)4-7-2-1-3-15-6-7/h5,7H,1-4,6H2,(H2,12,13). The van der Waals surface area contributed by atoms with Crippen LogP contribution in [0, 0.1) is 5.92 Å². The maximum absolute atomic E-state index is 5.72. The molecule has 1 aromatic heterocycles. The number of rotatable bonds is 2. The highest BCUT2D eigenvalue weighted by molar-refractivity contribution is 7.99. The molecule has 0 saturated carbocycles. The molecule has 1 atom stereocenters. The Morgan fingerprint density at radius 1 is 1.53 bits per heavy atom. The summed E-state index contributed by atoms with van der Waals surface area (Å²) in [7, 11) is 0. The van der Waals surface area contributed by atoms with Crippen LogP contribution in [0.4, 0.5) is 5.69 Å². The minimum absolute atomic E-state index is 0.303. The number of anilines is 1.